The zero-order valence-corrected chi connectivity index (χ0v) is 17.0. The lowest BCUT2D eigenvalue weighted by Crippen LogP contribution is -2.29. The highest BCUT2D eigenvalue weighted by Gasteiger charge is 2.22. The first-order valence-electron chi connectivity index (χ1n) is 10.0. The zero-order chi connectivity index (χ0) is 22.0. The quantitative estimate of drug-likeness (QED) is 0.646. The van der Waals surface area contributed by atoms with Gasteiger partial charge in [-0.15, -0.1) is 0 Å². The Morgan fingerprint density at radius 2 is 1.94 bits per heavy atom. The van der Waals surface area contributed by atoms with Crippen LogP contribution in [0.1, 0.15) is 24.7 Å². The van der Waals surface area contributed by atoms with Gasteiger partial charge in [-0.3, -0.25) is 14.2 Å². The first kappa shape index (κ1) is 20.3. The van der Waals surface area contributed by atoms with E-state index in [0.29, 0.717) is 35.5 Å². The summed E-state index contributed by atoms with van der Waals surface area (Å²) in [6.45, 7) is 2.72. The Morgan fingerprint density at radius 3 is 2.65 bits per heavy atom. The molecule has 1 aromatic heterocycles. The van der Waals surface area contributed by atoms with E-state index in [2.05, 4.69) is 0 Å². The normalized spacial score (nSPS) is 14.3. The first-order valence-corrected chi connectivity index (χ1v) is 10.0. The van der Waals surface area contributed by atoms with E-state index < -0.39 is 11.9 Å². The fourth-order valence-electron chi connectivity index (χ4n) is 3.76. The van der Waals surface area contributed by atoms with E-state index in [1.54, 1.807) is 29.7 Å². The fraction of sp³-hybridized carbons (Fsp3) is 0.167. The van der Waals surface area contributed by atoms with Gasteiger partial charge in [-0.1, -0.05) is 30.3 Å². The molecule has 0 saturated carbocycles. The maximum Gasteiger partial charge on any atom is 0.328 e. The van der Waals surface area contributed by atoms with Crippen LogP contribution in [0.15, 0.2) is 65.5 Å². The first-order chi connectivity index (χ1) is 15.0. The molecule has 0 saturated heterocycles. The summed E-state index contributed by atoms with van der Waals surface area (Å²) in [6, 6.07) is 14.9. The summed E-state index contributed by atoms with van der Waals surface area (Å²) < 4.78 is 1.69. The van der Waals surface area contributed by atoms with E-state index in [4.69, 9.17) is 10.1 Å². The molecule has 156 valence electrons. The van der Waals surface area contributed by atoms with E-state index in [1.807, 2.05) is 36.4 Å². The van der Waals surface area contributed by atoms with Crippen LogP contribution in [-0.4, -0.2) is 33.1 Å². The van der Waals surface area contributed by atoms with Crippen molar-refractivity contribution < 1.29 is 14.7 Å². The molecule has 2 aromatic carbocycles. The number of benzene rings is 2. The summed E-state index contributed by atoms with van der Waals surface area (Å²) in [6.07, 6.45) is 4.59. The Bertz CT molecular complexity index is 1290. The molecular weight excluding hydrogens is 394 g/mol. The van der Waals surface area contributed by atoms with Gasteiger partial charge in [-0.05, 0) is 48.8 Å². The highest BCUT2D eigenvalue weighted by Crippen LogP contribution is 2.28. The van der Waals surface area contributed by atoms with Gasteiger partial charge >= 0.3 is 5.97 Å². The van der Waals surface area contributed by atoms with Gasteiger partial charge in [0.25, 0.3) is 11.5 Å². The molecule has 0 radical (unpaired) electrons. The molecule has 0 bridgehead atoms. The number of carbonyl (C=O) groups is 2. The Balaban J connectivity index is 1.78. The zero-order valence-electron chi connectivity index (χ0n) is 17.0. The maximum absolute atomic E-state index is 13.0. The minimum Gasteiger partial charge on any atom is -0.478 e. The van der Waals surface area contributed by atoms with Gasteiger partial charge in [0.15, 0.2) is 0 Å². The van der Waals surface area contributed by atoms with Crippen LogP contribution in [0.4, 0.5) is 5.69 Å². The van der Waals surface area contributed by atoms with Gasteiger partial charge < -0.3 is 10.0 Å². The number of amides is 1. The molecule has 7 nitrogen and oxygen atoms in total. The molecule has 7 heteroatoms. The van der Waals surface area contributed by atoms with Gasteiger partial charge in [-0.2, -0.15) is 0 Å². The number of aromatic nitrogens is 2. The number of likely N-dealkylation sites (N-methyl/N-ethyl adjacent to an activating group) is 1. The molecule has 1 aliphatic heterocycles. The number of nitrogens with zero attached hydrogens (tertiary/aromatic N) is 3. The van der Waals surface area contributed by atoms with Crippen molar-refractivity contribution >= 4 is 40.1 Å². The predicted molar refractivity (Wildman–Crippen MR) is 120 cm³/mol. The van der Waals surface area contributed by atoms with Crippen LogP contribution in [0.3, 0.4) is 0 Å². The van der Waals surface area contributed by atoms with Crippen molar-refractivity contribution in [2.45, 2.75) is 19.9 Å². The van der Waals surface area contributed by atoms with Gasteiger partial charge in [0, 0.05) is 30.9 Å². The predicted octanol–water partition coefficient (Wildman–Crippen LogP) is 3.33. The fourth-order valence-corrected chi connectivity index (χ4v) is 3.76. The largest absolute Gasteiger partial charge is 0.478 e. The van der Waals surface area contributed by atoms with Crippen LogP contribution >= 0.6 is 0 Å². The maximum atomic E-state index is 13.0. The van der Waals surface area contributed by atoms with Crippen LogP contribution in [-0.2, 0) is 16.1 Å². The Hall–Kier alpha value is -4.00. The summed E-state index contributed by atoms with van der Waals surface area (Å²) in [5.41, 5.74) is 2.98. The van der Waals surface area contributed by atoms with Crippen molar-refractivity contribution in [2.24, 2.45) is 0 Å². The molecule has 0 unspecified atom stereocenters. The summed E-state index contributed by atoms with van der Waals surface area (Å²) in [7, 11) is 0. The van der Waals surface area contributed by atoms with Gasteiger partial charge in [0.05, 0.1) is 10.9 Å². The lowest BCUT2D eigenvalue weighted by atomic mass is 10.1. The molecule has 4 rings (SSSR count). The lowest BCUT2D eigenvalue weighted by molar-refractivity contribution is -0.131. The average Bonchev–Trinajstić information content (AvgIpc) is 3.16. The second-order valence-electron chi connectivity index (χ2n) is 7.18. The number of rotatable bonds is 5. The third-order valence-electron chi connectivity index (χ3n) is 5.23. The molecule has 2 heterocycles. The van der Waals surface area contributed by atoms with Crippen LogP contribution in [0.2, 0.25) is 0 Å². The van der Waals surface area contributed by atoms with E-state index in [0.717, 1.165) is 29.7 Å². The number of aliphatic carboxylic acids is 1. The lowest BCUT2D eigenvalue weighted by Gasteiger charge is -2.19. The smallest absolute Gasteiger partial charge is 0.328 e. The molecule has 1 N–H and O–H groups in total. The van der Waals surface area contributed by atoms with Crippen molar-refractivity contribution in [1.29, 1.82) is 0 Å². The number of hydrogen-bond acceptors (Lipinski definition) is 4. The van der Waals surface area contributed by atoms with Gasteiger partial charge in [0.1, 0.15) is 5.82 Å². The van der Waals surface area contributed by atoms with Crippen molar-refractivity contribution in [3.63, 3.8) is 0 Å². The standard InChI is InChI=1S/C24H21N3O4/c1-2-26(21(28)10-11-22(29)30)18-8-9-19-20(15-18)25-23-17(12-13-27(23)24(19)31)14-16-6-4-3-5-7-16/h3-11,14-15H,2,12-13H2,1H3,(H,29,30)/b11-10-,17-14?. The number of fused-ring (bicyclic) bond motifs is 2. The van der Waals surface area contributed by atoms with E-state index in [1.165, 1.54) is 4.90 Å². The summed E-state index contributed by atoms with van der Waals surface area (Å²) in [4.78, 5) is 42.3. The number of carbonyl (C=O) groups excluding carboxylic acids is 1. The number of carboxylic acids is 1. The van der Waals surface area contributed by atoms with E-state index in [-0.39, 0.29) is 5.56 Å². The van der Waals surface area contributed by atoms with E-state index in [9.17, 15) is 14.4 Å². The molecule has 1 amide bonds. The molecule has 1 aliphatic rings. The second-order valence-corrected chi connectivity index (χ2v) is 7.18. The molecular formula is C24H21N3O4. The third kappa shape index (κ3) is 4.02. The number of carboxylic acid groups (broad SMARTS) is 1. The van der Waals surface area contributed by atoms with Crippen LogP contribution in [0, 0.1) is 0 Å². The SMILES string of the molecule is CCN(C(=O)/C=C\C(=O)O)c1ccc2c(=O)n3c(nc2c1)C(=Cc1ccccc1)CC3. The van der Waals surface area contributed by atoms with Crippen LogP contribution in [0.25, 0.3) is 22.6 Å². The van der Waals surface area contributed by atoms with Crippen molar-refractivity contribution in [2.75, 3.05) is 11.4 Å². The minimum absolute atomic E-state index is 0.108. The van der Waals surface area contributed by atoms with Gasteiger partial charge in [0.2, 0.25) is 0 Å². The van der Waals surface area contributed by atoms with Crippen molar-refractivity contribution in [3.05, 3.63) is 82.4 Å². The Kier molecular flexibility index (Phi) is 5.49. The highest BCUT2D eigenvalue weighted by atomic mass is 16.4. The highest BCUT2D eigenvalue weighted by molar-refractivity contribution is 6.04. The summed E-state index contributed by atoms with van der Waals surface area (Å²) in [5, 5.41) is 9.25. The monoisotopic (exact) mass is 415 g/mol. The number of anilines is 1. The van der Waals surface area contributed by atoms with Crippen LogP contribution < -0.4 is 10.5 Å². The average molecular weight is 415 g/mol. The van der Waals surface area contributed by atoms with Gasteiger partial charge in [-0.25, -0.2) is 9.78 Å². The third-order valence-corrected chi connectivity index (χ3v) is 5.23. The number of allylic oxidation sites excluding steroid dienone is 1. The summed E-state index contributed by atoms with van der Waals surface area (Å²) >= 11 is 0. The van der Waals surface area contributed by atoms with Crippen molar-refractivity contribution in [1.82, 2.24) is 9.55 Å². The topological polar surface area (TPSA) is 92.5 Å². The molecule has 0 fully saturated rings. The minimum atomic E-state index is -1.19. The molecule has 0 aliphatic carbocycles. The molecule has 0 atom stereocenters. The second kappa shape index (κ2) is 8.39. The molecule has 31 heavy (non-hydrogen) atoms. The molecule has 0 spiro atoms. The Labute approximate surface area is 178 Å². The Morgan fingerprint density at radius 1 is 1.16 bits per heavy atom. The van der Waals surface area contributed by atoms with Crippen molar-refractivity contribution in [3.8, 4) is 0 Å². The van der Waals surface area contributed by atoms with Crippen LogP contribution in [0.5, 0.6) is 0 Å². The van der Waals surface area contributed by atoms with E-state index >= 15 is 0 Å². The summed E-state index contributed by atoms with van der Waals surface area (Å²) in [5.74, 6) is -1.00. The molecule has 3 aromatic rings. The number of hydrogen-bond donors (Lipinski definition) is 1.